The zero-order valence-corrected chi connectivity index (χ0v) is 16.8. The van der Waals surface area contributed by atoms with Gasteiger partial charge in [-0.2, -0.15) is 10.4 Å². The van der Waals surface area contributed by atoms with E-state index in [9.17, 15) is 0 Å². The van der Waals surface area contributed by atoms with Crippen LogP contribution in [0.4, 0.5) is 17.3 Å². The fourth-order valence-corrected chi connectivity index (χ4v) is 3.48. The van der Waals surface area contributed by atoms with E-state index in [4.69, 9.17) is 5.26 Å². The smallest absolute Gasteiger partial charge is 0.158 e. The molecule has 1 aliphatic rings. The SMILES string of the molecule is Cn1cc(-c2nnc(Nc3cnc(C#N)cn3)cc2NCCC2CCCCN2)cn1. The molecule has 0 saturated carbocycles. The number of rotatable bonds is 7. The molecule has 0 amide bonds. The van der Waals surface area contributed by atoms with Gasteiger partial charge in [0, 0.05) is 37.5 Å². The molecule has 0 bridgehead atoms. The van der Waals surface area contributed by atoms with Gasteiger partial charge in [-0.1, -0.05) is 6.42 Å². The Balaban J connectivity index is 1.51. The number of aryl methyl sites for hydroxylation is 1. The molecule has 3 N–H and O–H groups in total. The van der Waals surface area contributed by atoms with Crippen molar-refractivity contribution in [2.45, 2.75) is 31.7 Å². The van der Waals surface area contributed by atoms with Gasteiger partial charge in [0.15, 0.2) is 11.5 Å². The van der Waals surface area contributed by atoms with E-state index in [0.717, 1.165) is 36.5 Å². The molecule has 4 rings (SSSR count). The van der Waals surface area contributed by atoms with Gasteiger partial charge >= 0.3 is 0 Å². The Hall–Kier alpha value is -3.58. The molecule has 0 spiro atoms. The van der Waals surface area contributed by atoms with Gasteiger partial charge in [0.1, 0.15) is 17.6 Å². The van der Waals surface area contributed by atoms with Crippen molar-refractivity contribution in [3.05, 3.63) is 36.5 Å². The van der Waals surface area contributed by atoms with Crippen LogP contribution in [0.25, 0.3) is 11.3 Å². The lowest BCUT2D eigenvalue weighted by Crippen LogP contribution is -2.35. The first kappa shape index (κ1) is 19.7. The van der Waals surface area contributed by atoms with Crippen LogP contribution in [-0.4, -0.2) is 49.1 Å². The predicted molar refractivity (Wildman–Crippen MR) is 113 cm³/mol. The topological polar surface area (TPSA) is 129 Å². The first-order chi connectivity index (χ1) is 14.7. The molecule has 154 valence electrons. The van der Waals surface area contributed by atoms with Crippen LogP contribution in [-0.2, 0) is 7.05 Å². The van der Waals surface area contributed by atoms with Crippen molar-refractivity contribution in [2.75, 3.05) is 23.7 Å². The summed E-state index contributed by atoms with van der Waals surface area (Å²) in [6, 6.07) is 4.41. The Labute approximate surface area is 174 Å². The van der Waals surface area contributed by atoms with Crippen molar-refractivity contribution in [1.29, 1.82) is 5.26 Å². The van der Waals surface area contributed by atoms with Gasteiger partial charge in [-0.25, -0.2) is 9.97 Å². The monoisotopic (exact) mass is 404 g/mol. The number of piperidine rings is 1. The Morgan fingerprint density at radius 2 is 2.13 bits per heavy atom. The summed E-state index contributed by atoms with van der Waals surface area (Å²) in [4.78, 5) is 8.19. The number of hydrogen-bond acceptors (Lipinski definition) is 9. The lowest BCUT2D eigenvalue weighted by Gasteiger charge is -2.23. The summed E-state index contributed by atoms with van der Waals surface area (Å²) in [6.45, 7) is 1.93. The minimum Gasteiger partial charge on any atom is -0.383 e. The highest BCUT2D eigenvalue weighted by Gasteiger charge is 2.15. The molecular weight excluding hydrogens is 380 g/mol. The molecule has 0 aliphatic carbocycles. The quantitative estimate of drug-likeness (QED) is 0.543. The lowest BCUT2D eigenvalue weighted by atomic mass is 10.0. The molecule has 1 fully saturated rings. The second-order valence-electron chi connectivity index (χ2n) is 7.28. The van der Waals surface area contributed by atoms with Crippen LogP contribution in [0.3, 0.4) is 0 Å². The van der Waals surface area contributed by atoms with Gasteiger partial charge in [0.05, 0.1) is 24.3 Å². The summed E-state index contributed by atoms with van der Waals surface area (Å²) in [5, 5.41) is 32.0. The molecular formula is C20H24N10. The first-order valence-electron chi connectivity index (χ1n) is 10.0. The van der Waals surface area contributed by atoms with Gasteiger partial charge < -0.3 is 16.0 Å². The van der Waals surface area contributed by atoms with E-state index in [1.165, 1.54) is 31.7 Å². The molecule has 3 aromatic rings. The maximum absolute atomic E-state index is 8.86. The van der Waals surface area contributed by atoms with E-state index in [1.54, 1.807) is 10.9 Å². The van der Waals surface area contributed by atoms with Crippen LogP contribution in [0.1, 0.15) is 31.4 Å². The summed E-state index contributed by atoms with van der Waals surface area (Å²) >= 11 is 0. The average molecular weight is 404 g/mol. The van der Waals surface area contributed by atoms with Crippen LogP contribution in [0.15, 0.2) is 30.9 Å². The lowest BCUT2D eigenvalue weighted by molar-refractivity contribution is 0.389. The van der Waals surface area contributed by atoms with Crippen LogP contribution in [0.2, 0.25) is 0 Å². The van der Waals surface area contributed by atoms with E-state index >= 15 is 0 Å². The molecule has 4 heterocycles. The van der Waals surface area contributed by atoms with Gasteiger partial charge in [-0.05, 0) is 25.8 Å². The van der Waals surface area contributed by atoms with Gasteiger partial charge in [-0.15, -0.1) is 10.2 Å². The Morgan fingerprint density at radius 3 is 2.83 bits per heavy atom. The fraction of sp³-hybridized carbons (Fsp3) is 0.400. The molecule has 0 aromatic carbocycles. The van der Waals surface area contributed by atoms with Gasteiger partial charge in [0.25, 0.3) is 0 Å². The number of aromatic nitrogens is 6. The standard InChI is InChI=1S/C20H24N10/c1-30-13-14(10-26-30)20-17(23-7-5-15-4-2-3-6-22-15)8-18(28-29-20)27-19-12-24-16(9-21)11-25-19/h8,10-13,15,22H,2-7H2,1H3,(H2,23,25,27,28). The third-order valence-corrected chi connectivity index (χ3v) is 5.02. The number of anilines is 3. The van der Waals surface area contributed by atoms with E-state index in [-0.39, 0.29) is 5.69 Å². The second kappa shape index (κ2) is 9.28. The number of hydrogen-bond donors (Lipinski definition) is 3. The highest BCUT2D eigenvalue weighted by molar-refractivity contribution is 5.75. The van der Waals surface area contributed by atoms with Crippen molar-refractivity contribution >= 4 is 17.3 Å². The van der Waals surface area contributed by atoms with Crippen molar-refractivity contribution in [2.24, 2.45) is 7.05 Å². The largest absolute Gasteiger partial charge is 0.383 e. The third kappa shape index (κ3) is 4.87. The second-order valence-corrected chi connectivity index (χ2v) is 7.28. The van der Waals surface area contributed by atoms with Crippen LogP contribution < -0.4 is 16.0 Å². The van der Waals surface area contributed by atoms with Crippen LogP contribution >= 0.6 is 0 Å². The molecule has 1 aliphatic heterocycles. The summed E-state index contributed by atoms with van der Waals surface area (Å²) in [5.41, 5.74) is 2.78. The molecule has 1 saturated heterocycles. The van der Waals surface area contributed by atoms with Crippen molar-refractivity contribution in [3.63, 3.8) is 0 Å². The Kier molecular flexibility index (Phi) is 6.10. The molecule has 3 aromatic heterocycles. The highest BCUT2D eigenvalue weighted by atomic mass is 15.2. The van der Waals surface area contributed by atoms with Crippen molar-refractivity contribution < 1.29 is 0 Å². The minimum absolute atomic E-state index is 0.261. The fourth-order valence-electron chi connectivity index (χ4n) is 3.48. The first-order valence-corrected chi connectivity index (χ1v) is 10.0. The van der Waals surface area contributed by atoms with E-state index in [1.807, 2.05) is 25.4 Å². The summed E-state index contributed by atoms with van der Waals surface area (Å²) in [5.74, 6) is 1.04. The van der Waals surface area contributed by atoms with Crippen LogP contribution in [0.5, 0.6) is 0 Å². The molecule has 10 nitrogen and oxygen atoms in total. The highest BCUT2D eigenvalue weighted by Crippen LogP contribution is 2.27. The maximum atomic E-state index is 8.86. The number of nitriles is 1. The number of nitrogens with zero attached hydrogens (tertiary/aromatic N) is 7. The molecule has 1 atom stereocenters. The van der Waals surface area contributed by atoms with E-state index in [2.05, 4.69) is 41.2 Å². The van der Waals surface area contributed by atoms with Crippen molar-refractivity contribution in [3.8, 4) is 17.3 Å². The van der Waals surface area contributed by atoms with E-state index in [0.29, 0.717) is 17.7 Å². The summed E-state index contributed by atoms with van der Waals surface area (Å²) < 4.78 is 1.74. The normalized spacial score (nSPS) is 16.1. The minimum atomic E-state index is 0.261. The van der Waals surface area contributed by atoms with Crippen LogP contribution in [0, 0.1) is 11.3 Å². The Bertz CT molecular complexity index is 1010. The Morgan fingerprint density at radius 1 is 1.20 bits per heavy atom. The van der Waals surface area contributed by atoms with Gasteiger partial charge in [0.2, 0.25) is 0 Å². The average Bonchev–Trinajstić information content (AvgIpc) is 3.21. The number of nitrogens with one attached hydrogen (secondary N) is 3. The van der Waals surface area contributed by atoms with Crippen molar-refractivity contribution in [1.82, 2.24) is 35.3 Å². The maximum Gasteiger partial charge on any atom is 0.158 e. The summed E-state index contributed by atoms with van der Waals surface area (Å²) in [7, 11) is 1.87. The third-order valence-electron chi connectivity index (χ3n) is 5.02. The molecule has 10 heteroatoms. The zero-order chi connectivity index (χ0) is 20.8. The molecule has 0 radical (unpaired) electrons. The zero-order valence-electron chi connectivity index (χ0n) is 16.8. The summed E-state index contributed by atoms with van der Waals surface area (Å²) in [6.07, 6.45) is 11.4. The molecule has 30 heavy (non-hydrogen) atoms. The van der Waals surface area contributed by atoms with Gasteiger partial charge in [-0.3, -0.25) is 4.68 Å². The molecule has 1 unspecified atom stereocenters. The predicted octanol–water partition coefficient (Wildman–Crippen LogP) is 2.23. The van der Waals surface area contributed by atoms with E-state index < -0.39 is 0 Å².